The molecule has 110 valence electrons. The van der Waals surface area contributed by atoms with Gasteiger partial charge in [-0.05, 0) is 19.4 Å². The lowest BCUT2D eigenvalue weighted by molar-refractivity contribution is -0.114. The molecule has 1 N–H and O–H groups in total. The molecule has 7 heteroatoms. The second-order valence-electron chi connectivity index (χ2n) is 5.25. The number of hydrogen-bond acceptors (Lipinski definition) is 5. The normalized spacial score (nSPS) is 18.0. The van der Waals surface area contributed by atoms with E-state index in [1.165, 1.54) is 6.92 Å². The monoisotopic (exact) mass is 286 g/mol. The standard InChI is InChI=1S/C14H18N6O/c1-10-3-6-15-14(16-10)19-7-4-12(9-19)20-8-5-13(18-20)17-11(2)21/h3,5-6,8,12H,4,7,9H2,1-2H3,(H,17,18,21)/t12-/m0/s1. The van der Waals surface area contributed by atoms with Crippen molar-refractivity contribution in [2.24, 2.45) is 0 Å². The average molecular weight is 286 g/mol. The topological polar surface area (TPSA) is 75.9 Å². The van der Waals surface area contributed by atoms with Gasteiger partial charge in [0, 0.05) is 44.2 Å². The molecule has 1 aliphatic heterocycles. The largest absolute Gasteiger partial charge is 0.339 e. The summed E-state index contributed by atoms with van der Waals surface area (Å²) < 4.78 is 1.90. The lowest BCUT2D eigenvalue weighted by atomic mass is 10.3. The van der Waals surface area contributed by atoms with E-state index in [1.54, 1.807) is 6.20 Å². The zero-order chi connectivity index (χ0) is 14.8. The number of rotatable bonds is 3. The molecule has 0 aliphatic carbocycles. The zero-order valence-corrected chi connectivity index (χ0v) is 12.2. The van der Waals surface area contributed by atoms with Crippen LogP contribution in [0.5, 0.6) is 0 Å². The molecule has 0 bridgehead atoms. The lowest BCUT2D eigenvalue weighted by Crippen LogP contribution is -2.23. The summed E-state index contributed by atoms with van der Waals surface area (Å²) in [6, 6.07) is 3.98. The summed E-state index contributed by atoms with van der Waals surface area (Å²) >= 11 is 0. The van der Waals surface area contributed by atoms with E-state index < -0.39 is 0 Å². The molecule has 0 spiro atoms. The Morgan fingerprint density at radius 1 is 1.43 bits per heavy atom. The molecule has 1 aliphatic rings. The molecule has 1 amide bonds. The first-order valence-electron chi connectivity index (χ1n) is 6.99. The fourth-order valence-corrected chi connectivity index (χ4v) is 2.52. The fraction of sp³-hybridized carbons (Fsp3) is 0.429. The summed E-state index contributed by atoms with van der Waals surface area (Å²) in [7, 11) is 0. The van der Waals surface area contributed by atoms with Crippen molar-refractivity contribution in [2.75, 3.05) is 23.3 Å². The number of aryl methyl sites for hydroxylation is 1. The smallest absolute Gasteiger partial charge is 0.225 e. The zero-order valence-electron chi connectivity index (χ0n) is 12.2. The molecule has 3 heterocycles. The van der Waals surface area contributed by atoms with E-state index in [4.69, 9.17) is 0 Å². The average Bonchev–Trinajstić information content (AvgIpc) is 3.06. The number of anilines is 2. The summed E-state index contributed by atoms with van der Waals surface area (Å²) in [5.41, 5.74) is 0.968. The molecule has 0 radical (unpaired) electrons. The van der Waals surface area contributed by atoms with Crippen molar-refractivity contribution < 1.29 is 4.79 Å². The van der Waals surface area contributed by atoms with Gasteiger partial charge < -0.3 is 10.2 Å². The molecule has 21 heavy (non-hydrogen) atoms. The van der Waals surface area contributed by atoms with Gasteiger partial charge in [-0.15, -0.1) is 0 Å². The predicted octanol–water partition coefficient (Wildman–Crippen LogP) is 1.39. The Bertz CT molecular complexity index is 652. The van der Waals surface area contributed by atoms with Crippen LogP contribution in [0.1, 0.15) is 25.1 Å². The van der Waals surface area contributed by atoms with Gasteiger partial charge in [-0.1, -0.05) is 0 Å². The minimum absolute atomic E-state index is 0.110. The molecule has 2 aromatic rings. The van der Waals surface area contributed by atoms with Gasteiger partial charge in [-0.3, -0.25) is 9.48 Å². The maximum Gasteiger partial charge on any atom is 0.225 e. The Labute approximate surface area is 123 Å². The molecule has 1 atom stereocenters. The number of nitrogens with zero attached hydrogens (tertiary/aromatic N) is 5. The molecular formula is C14H18N6O. The van der Waals surface area contributed by atoms with Crippen LogP contribution >= 0.6 is 0 Å². The van der Waals surface area contributed by atoms with Crippen molar-refractivity contribution in [1.82, 2.24) is 19.7 Å². The molecule has 7 nitrogen and oxygen atoms in total. The quantitative estimate of drug-likeness (QED) is 0.922. The third-order valence-corrected chi connectivity index (χ3v) is 3.51. The van der Waals surface area contributed by atoms with Gasteiger partial charge in [0.15, 0.2) is 5.82 Å². The number of hydrogen-bond donors (Lipinski definition) is 1. The summed E-state index contributed by atoms with van der Waals surface area (Å²) in [6.45, 7) is 5.17. The van der Waals surface area contributed by atoms with Crippen molar-refractivity contribution in [1.29, 1.82) is 0 Å². The van der Waals surface area contributed by atoms with Crippen molar-refractivity contribution in [3.8, 4) is 0 Å². The van der Waals surface area contributed by atoms with Crippen LogP contribution in [0.2, 0.25) is 0 Å². The van der Waals surface area contributed by atoms with Gasteiger partial charge in [-0.25, -0.2) is 9.97 Å². The number of amides is 1. The van der Waals surface area contributed by atoms with Crippen LogP contribution in [0.4, 0.5) is 11.8 Å². The lowest BCUT2D eigenvalue weighted by Gasteiger charge is -2.16. The third-order valence-electron chi connectivity index (χ3n) is 3.51. The minimum Gasteiger partial charge on any atom is -0.339 e. The van der Waals surface area contributed by atoms with E-state index in [0.29, 0.717) is 5.82 Å². The highest BCUT2D eigenvalue weighted by Gasteiger charge is 2.26. The van der Waals surface area contributed by atoms with Gasteiger partial charge in [0.2, 0.25) is 11.9 Å². The van der Waals surface area contributed by atoms with E-state index in [2.05, 4.69) is 25.3 Å². The van der Waals surface area contributed by atoms with Crippen LogP contribution in [-0.2, 0) is 4.79 Å². The van der Waals surface area contributed by atoms with Gasteiger partial charge in [-0.2, -0.15) is 5.10 Å². The predicted molar refractivity (Wildman–Crippen MR) is 79.2 cm³/mol. The van der Waals surface area contributed by atoms with Crippen LogP contribution in [0.25, 0.3) is 0 Å². The fourth-order valence-electron chi connectivity index (χ4n) is 2.52. The molecule has 0 unspecified atom stereocenters. The van der Waals surface area contributed by atoms with E-state index >= 15 is 0 Å². The summed E-state index contributed by atoms with van der Waals surface area (Å²) in [4.78, 5) is 22.0. The maximum atomic E-state index is 11.0. The van der Waals surface area contributed by atoms with E-state index in [0.717, 1.165) is 31.2 Å². The number of carbonyl (C=O) groups excluding carboxylic acids is 1. The first-order chi connectivity index (χ1) is 10.1. The van der Waals surface area contributed by atoms with E-state index in [-0.39, 0.29) is 11.9 Å². The van der Waals surface area contributed by atoms with Gasteiger partial charge in [0.1, 0.15) is 0 Å². The van der Waals surface area contributed by atoms with Gasteiger partial charge in [0.05, 0.1) is 6.04 Å². The molecule has 0 saturated carbocycles. The molecule has 1 fully saturated rings. The van der Waals surface area contributed by atoms with Crippen molar-refractivity contribution >= 4 is 17.7 Å². The van der Waals surface area contributed by atoms with Gasteiger partial charge >= 0.3 is 0 Å². The van der Waals surface area contributed by atoms with Crippen molar-refractivity contribution in [3.05, 3.63) is 30.2 Å². The molecule has 2 aromatic heterocycles. The van der Waals surface area contributed by atoms with Gasteiger partial charge in [0.25, 0.3) is 0 Å². The SMILES string of the molecule is CC(=O)Nc1ccn([C@H]2CCN(c3nccc(C)n3)C2)n1. The number of carbonyl (C=O) groups is 1. The Hall–Kier alpha value is -2.44. The first kappa shape index (κ1) is 13.5. The maximum absolute atomic E-state index is 11.0. The molecule has 3 rings (SSSR count). The van der Waals surface area contributed by atoms with E-state index in [1.807, 2.05) is 29.9 Å². The Kier molecular flexibility index (Phi) is 3.55. The Morgan fingerprint density at radius 2 is 2.29 bits per heavy atom. The highest BCUT2D eigenvalue weighted by atomic mass is 16.1. The summed E-state index contributed by atoms with van der Waals surface area (Å²) in [6.07, 6.45) is 4.67. The summed E-state index contributed by atoms with van der Waals surface area (Å²) in [5.74, 6) is 1.25. The Balaban J connectivity index is 1.69. The van der Waals surface area contributed by atoms with Crippen LogP contribution in [0.3, 0.4) is 0 Å². The van der Waals surface area contributed by atoms with Crippen LogP contribution in [0.15, 0.2) is 24.5 Å². The third kappa shape index (κ3) is 3.01. The molecular weight excluding hydrogens is 268 g/mol. The molecule has 1 saturated heterocycles. The Morgan fingerprint density at radius 3 is 3.05 bits per heavy atom. The molecule has 0 aromatic carbocycles. The number of aromatic nitrogens is 4. The first-order valence-corrected chi connectivity index (χ1v) is 6.99. The van der Waals surface area contributed by atoms with Crippen LogP contribution in [0, 0.1) is 6.92 Å². The second kappa shape index (κ2) is 5.51. The summed E-state index contributed by atoms with van der Waals surface area (Å²) in [5, 5.41) is 7.09. The second-order valence-corrected chi connectivity index (χ2v) is 5.25. The van der Waals surface area contributed by atoms with Crippen molar-refractivity contribution in [3.63, 3.8) is 0 Å². The number of nitrogens with one attached hydrogen (secondary N) is 1. The minimum atomic E-state index is -0.110. The van der Waals surface area contributed by atoms with Crippen LogP contribution in [-0.4, -0.2) is 38.7 Å². The van der Waals surface area contributed by atoms with Crippen molar-refractivity contribution in [2.45, 2.75) is 26.3 Å². The highest BCUT2D eigenvalue weighted by Crippen LogP contribution is 2.24. The van der Waals surface area contributed by atoms with Crippen LogP contribution < -0.4 is 10.2 Å². The van der Waals surface area contributed by atoms with E-state index in [9.17, 15) is 4.79 Å². The highest BCUT2D eigenvalue weighted by molar-refractivity contribution is 5.87.